The molecule has 3 rings (SSSR count). The molecule has 0 atom stereocenters. The Morgan fingerprint density at radius 1 is 1.10 bits per heavy atom. The highest BCUT2D eigenvalue weighted by atomic mass is 35.5. The maximum absolute atomic E-state index is 13.9. The van der Waals surface area contributed by atoms with Crippen LogP contribution >= 0.6 is 11.6 Å². The van der Waals surface area contributed by atoms with E-state index in [4.69, 9.17) is 17.3 Å². The predicted molar refractivity (Wildman–Crippen MR) is 80.3 cm³/mol. The summed E-state index contributed by atoms with van der Waals surface area (Å²) in [5, 5.41) is 1.53. The van der Waals surface area contributed by atoms with Crippen molar-refractivity contribution in [1.82, 2.24) is 4.57 Å². The van der Waals surface area contributed by atoms with Gasteiger partial charge in [-0.15, -0.1) is 0 Å². The Morgan fingerprint density at radius 2 is 1.95 bits per heavy atom. The number of rotatable bonds is 3. The van der Waals surface area contributed by atoms with Gasteiger partial charge >= 0.3 is 0 Å². The molecule has 0 spiro atoms. The highest BCUT2D eigenvalue weighted by molar-refractivity contribution is 6.30. The van der Waals surface area contributed by atoms with Crippen molar-refractivity contribution in [1.29, 1.82) is 0 Å². The zero-order valence-corrected chi connectivity index (χ0v) is 11.6. The summed E-state index contributed by atoms with van der Waals surface area (Å²) in [4.78, 5) is 0. The maximum atomic E-state index is 13.9. The minimum Gasteiger partial charge on any atom is -0.343 e. The molecule has 0 fully saturated rings. The van der Waals surface area contributed by atoms with Gasteiger partial charge in [0.25, 0.3) is 0 Å². The molecule has 0 aliphatic heterocycles. The zero-order chi connectivity index (χ0) is 14.1. The van der Waals surface area contributed by atoms with Crippen LogP contribution in [0.15, 0.2) is 48.7 Å². The largest absolute Gasteiger partial charge is 0.343 e. The van der Waals surface area contributed by atoms with Crippen LogP contribution in [0.3, 0.4) is 0 Å². The van der Waals surface area contributed by atoms with Gasteiger partial charge in [-0.2, -0.15) is 0 Å². The summed E-state index contributed by atoms with van der Waals surface area (Å²) in [6, 6.07) is 12.9. The van der Waals surface area contributed by atoms with Gasteiger partial charge in [-0.3, -0.25) is 0 Å². The van der Waals surface area contributed by atoms with Gasteiger partial charge in [0.15, 0.2) is 0 Å². The Bertz CT molecular complexity index is 764. The number of fused-ring (bicyclic) bond motifs is 1. The zero-order valence-electron chi connectivity index (χ0n) is 10.8. The van der Waals surface area contributed by atoms with Crippen LogP contribution in [0.2, 0.25) is 5.02 Å². The molecule has 1 heterocycles. The molecule has 4 heteroatoms. The summed E-state index contributed by atoms with van der Waals surface area (Å²) in [5.74, 6) is -0.283. The van der Waals surface area contributed by atoms with Gasteiger partial charge in [0, 0.05) is 28.8 Å². The number of aromatic nitrogens is 1. The number of halogens is 2. The standard InChI is InChI=1S/C16H14ClFN2/c17-14-4-3-13(15(18)8-14)10-20-6-5-12-2-1-11(9-19)7-16(12)20/h1-8H,9-10,19H2. The van der Waals surface area contributed by atoms with Crippen molar-refractivity contribution < 1.29 is 4.39 Å². The van der Waals surface area contributed by atoms with Crippen molar-refractivity contribution >= 4 is 22.5 Å². The molecular formula is C16H14ClFN2. The second-order valence-electron chi connectivity index (χ2n) is 4.78. The molecule has 0 radical (unpaired) electrons. The van der Waals surface area contributed by atoms with Gasteiger partial charge in [0.1, 0.15) is 5.82 Å². The molecule has 2 aromatic carbocycles. The van der Waals surface area contributed by atoms with E-state index in [2.05, 4.69) is 0 Å². The van der Waals surface area contributed by atoms with E-state index in [1.54, 1.807) is 12.1 Å². The molecule has 0 aliphatic carbocycles. The van der Waals surface area contributed by atoms with Gasteiger partial charge in [-0.25, -0.2) is 4.39 Å². The average molecular weight is 289 g/mol. The first-order chi connectivity index (χ1) is 9.67. The molecule has 1 aromatic heterocycles. The minimum atomic E-state index is -0.283. The van der Waals surface area contributed by atoms with E-state index in [1.807, 2.05) is 35.0 Å². The van der Waals surface area contributed by atoms with Gasteiger partial charge in [-0.05, 0) is 35.2 Å². The first-order valence-electron chi connectivity index (χ1n) is 6.39. The maximum Gasteiger partial charge on any atom is 0.129 e. The van der Waals surface area contributed by atoms with E-state index in [0.29, 0.717) is 23.7 Å². The van der Waals surface area contributed by atoms with Crippen molar-refractivity contribution in [3.05, 3.63) is 70.6 Å². The Balaban J connectivity index is 2.01. The van der Waals surface area contributed by atoms with E-state index in [9.17, 15) is 4.39 Å². The fourth-order valence-corrected chi connectivity index (χ4v) is 2.49. The van der Waals surface area contributed by atoms with E-state index < -0.39 is 0 Å². The highest BCUT2D eigenvalue weighted by Crippen LogP contribution is 2.21. The molecule has 0 aliphatic rings. The molecule has 0 saturated carbocycles. The van der Waals surface area contributed by atoms with Crippen molar-refractivity contribution in [2.75, 3.05) is 0 Å². The number of hydrogen-bond acceptors (Lipinski definition) is 1. The first kappa shape index (κ1) is 13.2. The lowest BCUT2D eigenvalue weighted by Crippen LogP contribution is -2.01. The van der Waals surface area contributed by atoms with Gasteiger partial charge < -0.3 is 10.3 Å². The van der Waals surface area contributed by atoms with E-state index in [0.717, 1.165) is 16.5 Å². The molecule has 20 heavy (non-hydrogen) atoms. The number of nitrogens with zero attached hydrogens (tertiary/aromatic N) is 1. The Kier molecular flexibility index (Phi) is 3.47. The topological polar surface area (TPSA) is 30.9 Å². The quantitative estimate of drug-likeness (QED) is 0.777. The van der Waals surface area contributed by atoms with Gasteiger partial charge in [0.2, 0.25) is 0 Å². The molecule has 0 amide bonds. The lowest BCUT2D eigenvalue weighted by Gasteiger charge is -2.08. The third-order valence-corrected chi connectivity index (χ3v) is 3.66. The second-order valence-corrected chi connectivity index (χ2v) is 5.21. The van der Waals surface area contributed by atoms with Crippen molar-refractivity contribution in [2.24, 2.45) is 5.73 Å². The Morgan fingerprint density at radius 3 is 2.70 bits per heavy atom. The molecule has 2 N–H and O–H groups in total. The average Bonchev–Trinajstić information content (AvgIpc) is 2.84. The third-order valence-electron chi connectivity index (χ3n) is 3.43. The third kappa shape index (κ3) is 2.42. The highest BCUT2D eigenvalue weighted by Gasteiger charge is 2.07. The minimum absolute atomic E-state index is 0.283. The predicted octanol–water partition coefficient (Wildman–Crippen LogP) is 3.94. The van der Waals surface area contributed by atoms with Crippen LogP contribution in [0.1, 0.15) is 11.1 Å². The van der Waals surface area contributed by atoms with Crippen molar-refractivity contribution in [3.63, 3.8) is 0 Å². The molecule has 0 unspecified atom stereocenters. The number of nitrogens with two attached hydrogens (primary N) is 1. The van der Waals surface area contributed by atoms with Crippen molar-refractivity contribution in [2.45, 2.75) is 13.1 Å². The fourth-order valence-electron chi connectivity index (χ4n) is 2.33. The first-order valence-corrected chi connectivity index (χ1v) is 6.77. The summed E-state index contributed by atoms with van der Waals surface area (Å²) in [6.07, 6.45) is 1.96. The monoisotopic (exact) mass is 288 g/mol. The molecule has 2 nitrogen and oxygen atoms in total. The summed E-state index contributed by atoms with van der Waals surface area (Å²) in [6.45, 7) is 0.969. The smallest absolute Gasteiger partial charge is 0.129 e. The number of hydrogen-bond donors (Lipinski definition) is 1. The fraction of sp³-hybridized carbons (Fsp3) is 0.125. The van der Waals surface area contributed by atoms with Crippen molar-refractivity contribution in [3.8, 4) is 0 Å². The van der Waals surface area contributed by atoms with E-state index in [1.165, 1.54) is 6.07 Å². The molecule has 3 aromatic rings. The van der Waals surface area contributed by atoms with Crippen LogP contribution in [0.4, 0.5) is 4.39 Å². The van der Waals surface area contributed by atoms with Crippen LogP contribution in [0.25, 0.3) is 10.9 Å². The van der Waals surface area contributed by atoms with Crippen LogP contribution in [0, 0.1) is 5.82 Å². The molecule has 0 saturated heterocycles. The van der Waals surface area contributed by atoms with Gasteiger partial charge in [-0.1, -0.05) is 29.8 Å². The van der Waals surface area contributed by atoms with E-state index >= 15 is 0 Å². The summed E-state index contributed by atoms with van der Waals surface area (Å²) < 4.78 is 15.9. The van der Waals surface area contributed by atoms with Gasteiger partial charge in [0.05, 0.1) is 6.54 Å². The summed E-state index contributed by atoms with van der Waals surface area (Å²) in [7, 11) is 0. The molecular weight excluding hydrogens is 275 g/mol. The Labute approximate surface area is 121 Å². The lowest BCUT2D eigenvalue weighted by molar-refractivity contribution is 0.602. The molecule has 0 bridgehead atoms. The molecule has 102 valence electrons. The summed E-state index contributed by atoms with van der Waals surface area (Å²) >= 11 is 5.77. The van der Waals surface area contributed by atoms with Crippen LogP contribution in [0.5, 0.6) is 0 Å². The normalized spacial score (nSPS) is 11.2. The SMILES string of the molecule is NCc1ccc2ccn(Cc3ccc(Cl)cc3F)c2c1. The Hall–Kier alpha value is -1.84. The number of benzene rings is 2. The van der Waals surface area contributed by atoms with Crippen LogP contribution in [-0.4, -0.2) is 4.57 Å². The van der Waals surface area contributed by atoms with Crippen LogP contribution < -0.4 is 5.73 Å². The van der Waals surface area contributed by atoms with E-state index in [-0.39, 0.29) is 5.82 Å². The summed E-state index contributed by atoms with van der Waals surface area (Å²) in [5.41, 5.74) is 8.41. The second kappa shape index (κ2) is 5.27. The van der Waals surface area contributed by atoms with Crippen LogP contribution in [-0.2, 0) is 13.1 Å². The lowest BCUT2D eigenvalue weighted by atomic mass is 10.1.